The standard InChI is InChI=1S/C21H22N2O2/c24-20(22-15-7-10-17-8-3-1-4-9-17)13-14-21-23-16-19(25-21)18-11-5-2-6-12-18/h1-6,8-9,11-12,16H,7,10,13-15H2,(H,22,24). The van der Waals surface area contributed by atoms with Crippen molar-refractivity contribution in [3.8, 4) is 11.3 Å². The third kappa shape index (κ3) is 5.31. The first-order valence-corrected chi connectivity index (χ1v) is 8.62. The molecule has 0 aliphatic heterocycles. The number of nitrogens with zero attached hydrogens (tertiary/aromatic N) is 1. The summed E-state index contributed by atoms with van der Waals surface area (Å²) in [5.74, 6) is 1.37. The van der Waals surface area contributed by atoms with Crippen molar-refractivity contribution in [1.82, 2.24) is 10.3 Å². The van der Waals surface area contributed by atoms with Gasteiger partial charge in [-0.15, -0.1) is 0 Å². The van der Waals surface area contributed by atoms with Gasteiger partial charge in [0.15, 0.2) is 11.7 Å². The Morgan fingerprint density at radius 1 is 0.960 bits per heavy atom. The number of aryl methyl sites for hydroxylation is 2. The molecule has 25 heavy (non-hydrogen) atoms. The summed E-state index contributed by atoms with van der Waals surface area (Å²) in [5.41, 5.74) is 2.29. The van der Waals surface area contributed by atoms with Gasteiger partial charge in [0.25, 0.3) is 0 Å². The van der Waals surface area contributed by atoms with E-state index >= 15 is 0 Å². The number of nitrogens with one attached hydrogen (secondary N) is 1. The largest absolute Gasteiger partial charge is 0.441 e. The molecule has 0 saturated carbocycles. The number of carbonyl (C=O) groups is 1. The van der Waals surface area contributed by atoms with Crippen LogP contribution in [-0.2, 0) is 17.6 Å². The van der Waals surface area contributed by atoms with E-state index in [0.717, 1.165) is 24.2 Å². The molecule has 0 saturated heterocycles. The minimum absolute atomic E-state index is 0.0347. The van der Waals surface area contributed by atoms with E-state index in [2.05, 4.69) is 22.4 Å². The van der Waals surface area contributed by atoms with Gasteiger partial charge in [-0.25, -0.2) is 4.98 Å². The van der Waals surface area contributed by atoms with Crippen LogP contribution in [0, 0.1) is 0 Å². The summed E-state index contributed by atoms with van der Waals surface area (Å²) in [6.07, 6.45) is 4.52. The molecule has 0 aliphatic carbocycles. The number of benzene rings is 2. The molecule has 4 heteroatoms. The molecular weight excluding hydrogens is 312 g/mol. The van der Waals surface area contributed by atoms with Crippen LogP contribution in [0.5, 0.6) is 0 Å². The molecule has 0 fully saturated rings. The molecule has 0 unspecified atom stereocenters. The smallest absolute Gasteiger partial charge is 0.220 e. The number of amides is 1. The Bertz CT molecular complexity index is 782. The summed E-state index contributed by atoms with van der Waals surface area (Å²) < 4.78 is 5.71. The lowest BCUT2D eigenvalue weighted by Gasteiger charge is -2.04. The zero-order valence-corrected chi connectivity index (χ0v) is 14.2. The van der Waals surface area contributed by atoms with Gasteiger partial charge in [-0.1, -0.05) is 60.7 Å². The van der Waals surface area contributed by atoms with Crippen LogP contribution in [0.15, 0.2) is 71.3 Å². The van der Waals surface area contributed by atoms with Gasteiger partial charge in [-0.2, -0.15) is 0 Å². The molecule has 3 rings (SSSR count). The Balaban J connectivity index is 1.37. The molecule has 1 amide bonds. The number of carbonyl (C=O) groups excluding carboxylic acids is 1. The molecule has 4 nitrogen and oxygen atoms in total. The second-order valence-electron chi connectivity index (χ2n) is 5.92. The summed E-state index contributed by atoms with van der Waals surface area (Å²) in [4.78, 5) is 16.2. The third-order valence-electron chi connectivity index (χ3n) is 3.99. The average molecular weight is 334 g/mol. The van der Waals surface area contributed by atoms with Crippen molar-refractivity contribution < 1.29 is 9.21 Å². The Kier molecular flexibility index (Phi) is 5.99. The van der Waals surface area contributed by atoms with E-state index in [1.807, 2.05) is 48.5 Å². The van der Waals surface area contributed by atoms with Gasteiger partial charge in [-0.05, 0) is 18.4 Å². The third-order valence-corrected chi connectivity index (χ3v) is 3.99. The maximum absolute atomic E-state index is 11.9. The highest BCUT2D eigenvalue weighted by molar-refractivity contribution is 5.76. The maximum Gasteiger partial charge on any atom is 0.220 e. The fourth-order valence-corrected chi connectivity index (χ4v) is 2.64. The van der Waals surface area contributed by atoms with E-state index in [0.29, 0.717) is 25.3 Å². The Hall–Kier alpha value is -2.88. The molecule has 0 spiro atoms. The van der Waals surface area contributed by atoms with E-state index in [9.17, 15) is 4.79 Å². The SMILES string of the molecule is O=C(CCc1ncc(-c2ccccc2)o1)NCCCc1ccccc1. The van der Waals surface area contributed by atoms with Crippen molar-refractivity contribution in [3.05, 3.63) is 78.3 Å². The second-order valence-corrected chi connectivity index (χ2v) is 5.92. The van der Waals surface area contributed by atoms with Crippen molar-refractivity contribution in [1.29, 1.82) is 0 Å². The van der Waals surface area contributed by atoms with E-state index in [1.54, 1.807) is 6.20 Å². The fraction of sp³-hybridized carbons (Fsp3) is 0.238. The minimum Gasteiger partial charge on any atom is -0.441 e. The normalized spacial score (nSPS) is 10.6. The first-order valence-electron chi connectivity index (χ1n) is 8.62. The number of rotatable bonds is 8. The Morgan fingerprint density at radius 2 is 1.68 bits per heavy atom. The van der Waals surface area contributed by atoms with E-state index < -0.39 is 0 Å². The zero-order chi connectivity index (χ0) is 17.3. The number of oxazole rings is 1. The van der Waals surface area contributed by atoms with Crippen LogP contribution < -0.4 is 5.32 Å². The van der Waals surface area contributed by atoms with Gasteiger partial charge >= 0.3 is 0 Å². The second kappa shape index (κ2) is 8.83. The zero-order valence-electron chi connectivity index (χ0n) is 14.2. The Morgan fingerprint density at radius 3 is 2.44 bits per heavy atom. The van der Waals surface area contributed by atoms with E-state index in [1.165, 1.54) is 5.56 Å². The van der Waals surface area contributed by atoms with Gasteiger partial charge in [0.1, 0.15) is 0 Å². The monoisotopic (exact) mass is 334 g/mol. The summed E-state index contributed by atoms with van der Waals surface area (Å²) in [6.45, 7) is 0.689. The van der Waals surface area contributed by atoms with Gasteiger partial charge in [0.2, 0.25) is 5.91 Å². The van der Waals surface area contributed by atoms with Crippen molar-refractivity contribution in [2.45, 2.75) is 25.7 Å². The highest BCUT2D eigenvalue weighted by atomic mass is 16.4. The quantitative estimate of drug-likeness (QED) is 0.633. The van der Waals surface area contributed by atoms with Crippen molar-refractivity contribution >= 4 is 5.91 Å². The van der Waals surface area contributed by atoms with E-state index in [-0.39, 0.29) is 5.91 Å². The van der Waals surface area contributed by atoms with Gasteiger partial charge in [-0.3, -0.25) is 4.79 Å². The number of hydrogen-bond acceptors (Lipinski definition) is 3. The molecule has 3 aromatic rings. The highest BCUT2D eigenvalue weighted by Crippen LogP contribution is 2.20. The summed E-state index contributed by atoms with van der Waals surface area (Å²) in [7, 11) is 0. The van der Waals surface area contributed by atoms with Gasteiger partial charge in [0.05, 0.1) is 6.20 Å². The van der Waals surface area contributed by atoms with Crippen LogP contribution >= 0.6 is 0 Å². The van der Waals surface area contributed by atoms with Crippen LogP contribution in [-0.4, -0.2) is 17.4 Å². The van der Waals surface area contributed by atoms with Crippen LogP contribution in [0.4, 0.5) is 0 Å². The van der Waals surface area contributed by atoms with Gasteiger partial charge < -0.3 is 9.73 Å². The van der Waals surface area contributed by atoms with Crippen molar-refractivity contribution in [2.75, 3.05) is 6.54 Å². The molecule has 0 atom stereocenters. The lowest BCUT2D eigenvalue weighted by molar-refractivity contribution is -0.121. The lowest BCUT2D eigenvalue weighted by atomic mass is 10.1. The first kappa shape index (κ1) is 17.0. The summed E-state index contributed by atoms with van der Waals surface area (Å²) in [5, 5.41) is 2.95. The summed E-state index contributed by atoms with van der Waals surface area (Å²) >= 11 is 0. The summed E-state index contributed by atoms with van der Waals surface area (Å²) in [6, 6.07) is 20.1. The minimum atomic E-state index is 0.0347. The number of aromatic nitrogens is 1. The molecule has 0 bridgehead atoms. The molecule has 1 N–H and O–H groups in total. The molecule has 2 aromatic carbocycles. The predicted octanol–water partition coefficient (Wildman–Crippen LogP) is 4.02. The molecule has 128 valence electrons. The molecular formula is C21H22N2O2. The van der Waals surface area contributed by atoms with Crippen molar-refractivity contribution in [2.24, 2.45) is 0 Å². The molecule has 1 aromatic heterocycles. The fourth-order valence-electron chi connectivity index (χ4n) is 2.64. The first-order chi connectivity index (χ1) is 12.3. The van der Waals surface area contributed by atoms with Crippen LogP contribution in [0.25, 0.3) is 11.3 Å². The Labute approximate surface area is 147 Å². The van der Waals surface area contributed by atoms with Crippen LogP contribution in [0.3, 0.4) is 0 Å². The number of hydrogen-bond donors (Lipinski definition) is 1. The van der Waals surface area contributed by atoms with Crippen molar-refractivity contribution in [3.63, 3.8) is 0 Å². The molecule has 0 radical (unpaired) electrons. The lowest BCUT2D eigenvalue weighted by Crippen LogP contribution is -2.25. The van der Waals surface area contributed by atoms with Crippen LogP contribution in [0.1, 0.15) is 24.3 Å². The van der Waals surface area contributed by atoms with Gasteiger partial charge in [0, 0.05) is 24.9 Å². The molecule has 1 heterocycles. The van der Waals surface area contributed by atoms with Crippen LogP contribution in [0.2, 0.25) is 0 Å². The topological polar surface area (TPSA) is 55.1 Å². The molecule has 0 aliphatic rings. The predicted molar refractivity (Wildman–Crippen MR) is 98.0 cm³/mol. The maximum atomic E-state index is 11.9. The van der Waals surface area contributed by atoms with E-state index in [4.69, 9.17) is 4.42 Å². The average Bonchev–Trinajstić information content (AvgIpc) is 3.14. The highest BCUT2D eigenvalue weighted by Gasteiger charge is 2.08.